The number of nitrogens with zero attached hydrogens (tertiary/aromatic N) is 2. The second-order valence-corrected chi connectivity index (χ2v) is 10.4. The number of benzene rings is 1. The molecule has 1 aromatic rings. The molecule has 33 heavy (non-hydrogen) atoms. The summed E-state index contributed by atoms with van der Waals surface area (Å²) in [5, 5.41) is 14.5. The van der Waals surface area contributed by atoms with Crippen molar-refractivity contribution in [3.8, 4) is 0 Å². The number of carbonyl (C=O) groups is 3. The van der Waals surface area contributed by atoms with Gasteiger partial charge in [0.2, 0.25) is 10.0 Å². The Balaban J connectivity index is 1.82. The van der Waals surface area contributed by atoms with Gasteiger partial charge in [-0.3, -0.25) is 14.5 Å². The van der Waals surface area contributed by atoms with Gasteiger partial charge in [0, 0.05) is 24.8 Å². The predicted molar refractivity (Wildman–Crippen MR) is 118 cm³/mol. The Bertz CT molecular complexity index is 998. The van der Waals surface area contributed by atoms with Crippen molar-refractivity contribution in [3.05, 3.63) is 30.1 Å². The standard InChI is InChI=1S/C21H29FN4O6S/c1-33(31,32)26-11-10-25(21(30)23-16-9-5-8-15(22)12-16)20(26)19(29)24-17(13-18(27)28)14-6-3-2-4-7-14/h5,8-9,12,14,17,20H,2-4,6-7,10-11,13H2,1H3,(H,23,30)(H,24,29)(H,27,28). The van der Waals surface area contributed by atoms with E-state index in [0.717, 1.165) is 53.6 Å². The fourth-order valence-corrected chi connectivity index (χ4v) is 5.50. The summed E-state index contributed by atoms with van der Waals surface area (Å²) in [5.74, 6) is -2.44. The molecule has 182 valence electrons. The number of sulfonamides is 1. The maximum absolute atomic E-state index is 13.5. The van der Waals surface area contributed by atoms with Crippen LogP contribution in [0.2, 0.25) is 0 Å². The molecule has 2 fully saturated rings. The lowest BCUT2D eigenvalue weighted by Gasteiger charge is -2.33. The third kappa shape index (κ3) is 6.41. The van der Waals surface area contributed by atoms with Crippen LogP contribution in [0.5, 0.6) is 0 Å². The van der Waals surface area contributed by atoms with Gasteiger partial charge in [-0.25, -0.2) is 17.6 Å². The molecule has 1 heterocycles. The van der Waals surface area contributed by atoms with Crippen molar-refractivity contribution in [3.63, 3.8) is 0 Å². The average molecular weight is 485 g/mol. The monoisotopic (exact) mass is 484 g/mol. The normalized spacial score (nSPS) is 20.9. The summed E-state index contributed by atoms with van der Waals surface area (Å²) < 4.78 is 39.0. The zero-order chi connectivity index (χ0) is 24.2. The predicted octanol–water partition coefficient (Wildman–Crippen LogP) is 1.80. The molecule has 12 heteroatoms. The summed E-state index contributed by atoms with van der Waals surface area (Å²) in [5.41, 5.74) is 0.155. The first-order valence-electron chi connectivity index (χ1n) is 10.9. The van der Waals surface area contributed by atoms with Gasteiger partial charge in [-0.2, -0.15) is 4.31 Å². The number of carboxylic acid groups (broad SMARTS) is 1. The highest BCUT2D eigenvalue weighted by Crippen LogP contribution is 2.29. The lowest BCUT2D eigenvalue weighted by molar-refractivity contribution is -0.138. The zero-order valence-electron chi connectivity index (χ0n) is 18.4. The summed E-state index contributed by atoms with van der Waals surface area (Å²) >= 11 is 0. The van der Waals surface area contributed by atoms with Gasteiger partial charge in [-0.05, 0) is 37.0 Å². The molecule has 0 aromatic heterocycles. The highest BCUT2D eigenvalue weighted by Gasteiger charge is 2.45. The van der Waals surface area contributed by atoms with Crippen LogP contribution in [0.4, 0.5) is 14.9 Å². The molecule has 1 aliphatic heterocycles. The van der Waals surface area contributed by atoms with E-state index in [-0.39, 0.29) is 31.1 Å². The lowest BCUT2D eigenvalue weighted by Crippen LogP contribution is -2.57. The summed E-state index contributed by atoms with van der Waals surface area (Å²) in [6.45, 7) is -0.153. The molecule has 10 nitrogen and oxygen atoms in total. The van der Waals surface area contributed by atoms with Gasteiger partial charge in [0.25, 0.3) is 5.91 Å². The van der Waals surface area contributed by atoms with E-state index in [1.807, 2.05) is 0 Å². The maximum atomic E-state index is 13.5. The van der Waals surface area contributed by atoms with E-state index in [1.54, 1.807) is 0 Å². The van der Waals surface area contributed by atoms with E-state index < -0.39 is 46.0 Å². The number of halogens is 1. The summed E-state index contributed by atoms with van der Waals surface area (Å²) in [6, 6.07) is 3.74. The number of nitrogens with one attached hydrogen (secondary N) is 2. The molecule has 1 aromatic carbocycles. The minimum absolute atomic E-state index is 0.0403. The summed E-state index contributed by atoms with van der Waals surface area (Å²) in [4.78, 5) is 38.6. The molecule has 2 atom stereocenters. The van der Waals surface area contributed by atoms with Gasteiger partial charge < -0.3 is 15.7 Å². The van der Waals surface area contributed by atoms with Crippen LogP contribution in [0.15, 0.2) is 24.3 Å². The van der Waals surface area contributed by atoms with Crippen LogP contribution < -0.4 is 10.6 Å². The van der Waals surface area contributed by atoms with Crippen molar-refractivity contribution in [2.24, 2.45) is 5.92 Å². The van der Waals surface area contributed by atoms with Gasteiger partial charge in [-0.15, -0.1) is 0 Å². The Morgan fingerprint density at radius 1 is 1.18 bits per heavy atom. The molecule has 3 rings (SSSR count). The van der Waals surface area contributed by atoms with Gasteiger partial charge in [0.05, 0.1) is 12.7 Å². The van der Waals surface area contributed by atoms with Crippen molar-refractivity contribution in [1.82, 2.24) is 14.5 Å². The summed E-state index contributed by atoms with van der Waals surface area (Å²) in [6.07, 6.45) is 3.60. The Hall–Kier alpha value is -2.73. The molecule has 2 unspecified atom stereocenters. The highest BCUT2D eigenvalue weighted by atomic mass is 32.2. The van der Waals surface area contributed by atoms with Crippen LogP contribution >= 0.6 is 0 Å². The molecule has 2 aliphatic rings. The van der Waals surface area contributed by atoms with E-state index in [2.05, 4.69) is 10.6 Å². The molecule has 3 N–H and O–H groups in total. The Kier molecular flexibility index (Phi) is 7.90. The number of hydrogen-bond donors (Lipinski definition) is 3. The van der Waals surface area contributed by atoms with E-state index in [1.165, 1.54) is 18.2 Å². The Labute approximate surface area is 192 Å². The number of aliphatic carboxylic acids is 1. The Morgan fingerprint density at radius 3 is 2.48 bits per heavy atom. The van der Waals surface area contributed by atoms with Crippen LogP contribution in [-0.2, 0) is 19.6 Å². The number of urea groups is 1. The van der Waals surface area contributed by atoms with Crippen LogP contribution in [0, 0.1) is 11.7 Å². The van der Waals surface area contributed by atoms with Gasteiger partial charge in [0.15, 0.2) is 6.17 Å². The second kappa shape index (κ2) is 10.5. The number of amides is 3. The highest BCUT2D eigenvalue weighted by molar-refractivity contribution is 7.88. The fourth-order valence-electron chi connectivity index (χ4n) is 4.52. The van der Waals surface area contributed by atoms with Crippen LogP contribution in [0.3, 0.4) is 0 Å². The average Bonchev–Trinajstić information content (AvgIpc) is 3.20. The molecule has 1 aliphatic carbocycles. The molecule has 0 radical (unpaired) electrons. The van der Waals surface area contributed by atoms with Gasteiger partial charge >= 0.3 is 12.0 Å². The third-order valence-corrected chi connectivity index (χ3v) is 7.30. The van der Waals surface area contributed by atoms with Crippen molar-refractivity contribution in [1.29, 1.82) is 0 Å². The number of anilines is 1. The molecule has 1 saturated carbocycles. The van der Waals surface area contributed by atoms with Crippen molar-refractivity contribution >= 4 is 33.6 Å². The van der Waals surface area contributed by atoms with Crippen molar-refractivity contribution in [2.75, 3.05) is 24.7 Å². The largest absolute Gasteiger partial charge is 0.481 e. The van der Waals surface area contributed by atoms with Gasteiger partial charge in [-0.1, -0.05) is 25.3 Å². The van der Waals surface area contributed by atoms with E-state index in [9.17, 15) is 32.3 Å². The number of carboxylic acids is 1. The molecule has 3 amide bonds. The number of rotatable bonds is 7. The fraction of sp³-hybridized carbons (Fsp3) is 0.571. The van der Waals surface area contributed by atoms with Crippen LogP contribution in [0.25, 0.3) is 0 Å². The number of carbonyl (C=O) groups excluding carboxylic acids is 2. The molecular weight excluding hydrogens is 455 g/mol. The van der Waals surface area contributed by atoms with Crippen molar-refractivity contribution < 1.29 is 32.3 Å². The quantitative estimate of drug-likeness (QED) is 0.540. The minimum atomic E-state index is -3.85. The SMILES string of the molecule is CS(=O)(=O)N1CCN(C(=O)Nc2cccc(F)c2)C1C(=O)NC(CC(=O)O)C1CCCCC1. The third-order valence-electron chi connectivity index (χ3n) is 6.07. The van der Waals surface area contributed by atoms with E-state index >= 15 is 0 Å². The summed E-state index contributed by atoms with van der Waals surface area (Å²) in [7, 11) is -3.85. The maximum Gasteiger partial charge on any atom is 0.323 e. The molecular formula is C21H29FN4O6S. The minimum Gasteiger partial charge on any atom is -0.481 e. The zero-order valence-corrected chi connectivity index (χ0v) is 19.2. The van der Waals surface area contributed by atoms with E-state index in [0.29, 0.717) is 0 Å². The smallest absolute Gasteiger partial charge is 0.323 e. The molecule has 1 saturated heterocycles. The van der Waals surface area contributed by atoms with Gasteiger partial charge in [0.1, 0.15) is 5.82 Å². The lowest BCUT2D eigenvalue weighted by atomic mass is 9.82. The number of hydrogen-bond acceptors (Lipinski definition) is 5. The first kappa shape index (κ1) is 24.9. The van der Waals surface area contributed by atoms with Crippen LogP contribution in [-0.4, -0.2) is 72.2 Å². The van der Waals surface area contributed by atoms with E-state index in [4.69, 9.17) is 0 Å². The first-order valence-corrected chi connectivity index (χ1v) is 12.7. The topological polar surface area (TPSA) is 136 Å². The Morgan fingerprint density at radius 2 is 1.88 bits per heavy atom. The molecule has 0 bridgehead atoms. The molecule has 0 spiro atoms. The second-order valence-electron chi connectivity index (χ2n) is 8.49. The first-order chi connectivity index (χ1) is 15.6. The van der Waals surface area contributed by atoms with Crippen molar-refractivity contribution in [2.45, 2.75) is 50.7 Å². The van der Waals surface area contributed by atoms with Crippen LogP contribution in [0.1, 0.15) is 38.5 Å².